The van der Waals surface area contributed by atoms with Gasteiger partial charge in [-0.25, -0.2) is 8.42 Å². The van der Waals surface area contributed by atoms with Gasteiger partial charge in [0.25, 0.3) is 10.0 Å². The van der Waals surface area contributed by atoms with Gasteiger partial charge in [0.2, 0.25) is 5.91 Å². The molecule has 1 amide bonds. The van der Waals surface area contributed by atoms with Gasteiger partial charge in [0.15, 0.2) is 0 Å². The fourth-order valence-electron chi connectivity index (χ4n) is 3.59. The Labute approximate surface area is 153 Å². The first-order valence-corrected chi connectivity index (χ1v) is 9.50. The molecule has 0 spiro atoms. The molecule has 2 aliphatic heterocycles. The number of amides is 1. The van der Waals surface area contributed by atoms with Gasteiger partial charge >= 0.3 is 0 Å². The van der Waals surface area contributed by atoms with Crippen LogP contribution in [-0.4, -0.2) is 44.9 Å². The summed E-state index contributed by atoms with van der Waals surface area (Å²) in [7, 11) is -3.69. The van der Waals surface area contributed by atoms with Crippen molar-refractivity contribution in [3.8, 4) is 0 Å². The largest absolute Gasteiger partial charge is 0.340 e. The van der Waals surface area contributed by atoms with Crippen LogP contribution >= 0.6 is 12.4 Å². The molecule has 8 heteroatoms. The molecule has 0 aromatic heterocycles. The summed E-state index contributed by atoms with van der Waals surface area (Å²) in [5.41, 5.74) is 6.51. The average molecular weight is 382 g/mol. The molecule has 134 valence electrons. The summed E-state index contributed by atoms with van der Waals surface area (Å²) in [5.74, 6) is -0.196. The number of likely N-dealkylation sites (tertiary alicyclic amines) is 1. The van der Waals surface area contributed by atoms with E-state index >= 15 is 0 Å². The quantitative estimate of drug-likeness (QED) is 0.858. The number of nitrogens with two attached hydrogens (primary N) is 1. The third-order valence-electron chi connectivity index (χ3n) is 4.77. The molecule has 0 saturated carbocycles. The fourth-order valence-corrected chi connectivity index (χ4v) is 5.25. The second kappa shape index (κ2) is 6.48. The van der Waals surface area contributed by atoms with E-state index in [4.69, 9.17) is 5.73 Å². The van der Waals surface area contributed by atoms with Gasteiger partial charge in [0, 0.05) is 24.5 Å². The van der Waals surface area contributed by atoms with Crippen LogP contribution in [0.25, 0.3) is 10.8 Å². The number of halogens is 1. The summed E-state index contributed by atoms with van der Waals surface area (Å²) < 4.78 is 27.0. The maximum atomic E-state index is 12.9. The van der Waals surface area contributed by atoms with Crippen molar-refractivity contribution in [3.05, 3.63) is 36.4 Å². The molecule has 1 saturated heterocycles. The van der Waals surface area contributed by atoms with E-state index in [2.05, 4.69) is 0 Å². The van der Waals surface area contributed by atoms with Crippen molar-refractivity contribution >= 4 is 44.8 Å². The molecule has 0 aliphatic carbocycles. The summed E-state index contributed by atoms with van der Waals surface area (Å²) in [5, 5.41) is 1.56. The Morgan fingerprint density at radius 1 is 1.20 bits per heavy atom. The van der Waals surface area contributed by atoms with Crippen LogP contribution in [0.1, 0.15) is 12.8 Å². The molecular weight excluding hydrogens is 362 g/mol. The first kappa shape index (κ1) is 18.0. The van der Waals surface area contributed by atoms with Gasteiger partial charge in [0.05, 0.1) is 10.6 Å². The standard InChI is InChI=1S/C17H19N3O3S.ClH/c18-13-6-3-9-19(10-13)16(21)11-20-14-7-1-4-12-5-2-8-15(17(12)14)24(20,22)23;/h1-2,4-5,7-8,13H,3,6,9-11,18H2;1H. The van der Waals surface area contributed by atoms with Crippen LogP contribution in [0.2, 0.25) is 0 Å². The van der Waals surface area contributed by atoms with Crippen molar-refractivity contribution in [2.24, 2.45) is 5.73 Å². The second-order valence-corrected chi connectivity index (χ2v) is 8.22. The smallest absolute Gasteiger partial charge is 0.265 e. The highest BCUT2D eigenvalue weighted by molar-refractivity contribution is 7.93. The molecule has 2 aromatic rings. The summed E-state index contributed by atoms with van der Waals surface area (Å²) in [4.78, 5) is 14.6. The Balaban J connectivity index is 0.00000182. The van der Waals surface area contributed by atoms with Gasteiger partial charge in [-0.2, -0.15) is 0 Å². The first-order chi connectivity index (χ1) is 11.5. The second-order valence-electron chi connectivity index (χ2n) is 6.39. The summed E-state index contributed by atoms with van der Waals surface area (Å²) in [6.07, 6.45) is 1.76. The summed E-state index contributed by atoms with van der Waals surface area (Å²) in [6.45, 7) is 0.949. The van der Waals surface area contributed by atoms with Crippen molar-refractivity contribution in [3.63, 3.8) is 0 Å². The average Bonchev–Trinajstić information content (AvgIpc) is 2.78. The van der Waals surface area contributed by atoms with Gasteiger partial charge < -0.3 is 10.6 Å². The van der Waals surface area contributed by atoms with E-state index in [9.17, 15) is 13.2 Å². The number of carbonyl (C=O) groups is 1. The van der Waals surface area contributed by atoms with E-state index in [0.29, 0.717) is 24.2 Å². The van der Waals surface area contributed by atoms with Crippen LogP contribution in [0.3, 0.4) is 0 Å². The maximum Gasteiger partial charge on any atom is 0.265 e. The van der Waals surface area contributed by atoms with Crippen molar-refractivity contribution in [2.75, 3.05) is 23.9 Å². The van der Waals surface area contributed by atoms with E-state index in [1.165, 1.54) is 4.31 Å². The molecule has 1 unspecified atom stereocenters. The predicted octanol–water partition coefficient (Wildman–Crippen LogP) is 1.72. The van der Waals surface area contributed by atoms with Gasteiger partial charge in [0.1, 0.15) is 6.54 Å². The lowest BCUT2D eigenvalue weighted by Crippen LogP contribution is -2.49. The third kappa shape index (κ3) is 2.86. The van der Waals surface area contributed by atoms with Crippen LogP contribution in [0.15, 0.2) is 41.3 Å². The molecule has 2 heterocycles. The number of anilines is 1. The SMILES string of the molecule is Cl.NC1CCCN(C(=O)CN2c3cccc4cccc(c34)S2(=O)=O)C1. The van der Waals surface area contributed by atoms with Crippen LogP contribution in [0, 0.1) is 0 Å². The topological polar surface area (TPSA) is 83.7 Å². The lowest BCUT2D eigenvalue weighted by Gasteiger charge is -2.32. The molecule has 0 radical (unpaired) electrons. The normalized spacial score (nSPS) is 21.2. The minimum atomic E-state index is -3.69. The third-order valence-corrected chi connectivity index (χ3v) is 6.57. The molecule has 2 aliphatic rings. The highest BCUT2D eigenvalue weighted by Crippen LogP contribution is 2.41. The molecule has 4 rings (SSSR count). The van der Waals surface area contributed by atoms with Crippen LogP contribution in [0.4, 0.5) is 5.69 Å². The monoisotopic (exact) mass is 381 g/mol. The van der Waals surface area contributed by atoms with E-state index in [1.807, 2.05) is 18.2 Å². The Morgan fingerprint density at radius 3 is 2.64 bits per heavy atom. The minimum absolute atomic E-state index is 0. The van der Waals surface area contributed by atoms with Crippen molar-refractivity contribution < 1.29 is 13.2 Å². The Bertz CT molecular complexity index is 927. The van der Waals surface area contributed by atoms with Crippen molar-refractivity contribution in [1.29, 1.82) is 0 Å². The number of rotatable bonds is 2. The molecule has 2 aromatic carbocycles. The lowest BCUT2D eigenvalue weighted by atomic mass is 10.1. The summed E-state index contributed by atoms with van der Waals surface area (Å²) in [6, 6.07) is 10.6. The number of benzene rings is 2. The first-order valence-electron chi connectivity index (χ1n) is 8.06. The Hall–Kier alpha value is -1.83. The molecule has 25 heavy (non-hydrogen) atoms. The zero-order valence-corrected chi connectivity index (χ0v) is 15.2. The zero-order chi connectivity index (χ0) is 16.9. The molecular formula is C17H20ClN3O3S. The number of piperidine rings is 1. The Kier molecular flexibility index (Phi) is 4.66. The zero-order valence-electron chi connectivity index (χ0n) is 13.6. The number of sulfonamides is 1. The van der Waals surface area contributed by atoms with E-state index in [1.54, 1.807) is 23.1 Å². The number of hydrogen-bond acceptors (Lipinski definition) is 4. The molecule has 1 atom stereocenters. The molecule has 2 N–H and O–H groups in total. The number of carbonyl (C=O) groups excluding carboxylic acids is 1. The molecule has 6 nitrogen and oxygen atoms in total. The molecule has 1 fully saturated rings. The van der Waals surface area contributed by atoms with Gasteiger partial charge in [-0.1, -0.05) is 24.3 Å². The highest BCUT2D eigenvalue weighted by atomic mass is 35.5. The highest BCUT2D eigenvalue weighted by Gasteiger charge is 2.37. The van der Waals surface area contributed by atoms with Gasteiger partial charge in [-0.05, 0) is 30.4 Å². The van der Waals surface area contributed by atoms with Gasteiger partial charge in [-0.15, -0.1) is 12.4 Å². The van der Waals surface area contributed by atoms with E-state index in [0.717, 1.165) is 18.2 Å². The lowest BCUT2D eigenvalue weighted by molar-refractivity contribution is -0.130. The fraction of sp³-hybridized carbons (Fsp3) is 0.353. The van der Waals surface area contributed by atoms with Crippen LogP contribution in [-0.2, 0) is 14.8 Å². The van der Waals surface area contributed by atoms with E-state index < -0.39 is 10.0 Å². The van der Waals surface area contributed by atoms with E-state index in [-0.39, 0.29) is 35.8 Å². The minimum Gasteiger partial charge on any atom is -0.340 e. The van der Waals surface area contributed by atoms with Crippen LogP contribution in [0.5, 0.6) is 0 Å². The Morgan fingerprint density at radius 2 is 1.92 bits per heavy atom. The number of nitrogens with zero attached hydrogens (tertiary/aromatic N) is 2. The maximum absolute atomic E-state index is 12.9. The van der Waals surface area contributed by atoms with Gasteiger partial charge in [-0.3, -0.25) is 9.10 Å². The van der Waals surface area contributed by atoms with Crippen molar-refractivity contribution in [2.45, 2.75) is 23.8 Å². The summed E-state index contributed by atoms with van der Waals surface area (Å²) >= 11 is 0. The van der Waals surface area contributed by atoms with Crippen LogP contribution < -0.4 is 10.0 Å². The van der Waals surface area contributed by atoms with Crippen molar-refractivity contribution in [1.82, 2.24) is 4.90 Å². The molecule has 0 bridgehead atoms. The number of hydrogen-bond donors (Lipinski definition) is 1. The predicted molar refractivity (Wildman–Crippen MR) is 99.5 cm³/mol.